The molecular weight excluding hydrogens is 206 g/mol. The molecule has 2 unspecified atom stereocenters. The van der Waals surface area contributed by atoms with Gasteiger partial charge in [0.25, 0.3) is 0 Å². The van der Waals surface area contributed by atoms with Gasteiger partial charge in [0.05, 0.1) is 13.2 Å². The quantitative estimate of drug-likeness (QED) is 0.829. The molecule has 1 fully saturated rings. The maximum absolute atomic E-state index is 5.94. The molecule has 0 saturated heterocycles. The molecule has 5 nitrogen and oxygen atoms in total. The van der Waals surface area contributed by atoms with E-state index in [1.54, 1.807) is 13.2 Å². The van der Waals surface area contributed by atoms with Crippen LogP contribution in [-0.4, -0.2) is 29.2 Å². The van der Waals surface area contributed by atoms with E-state index in [4.69, 9.17) is 15.2 Å². The van der Waals surface area contributed by atoms with E-state index in [2.05, 4.69) is 9.97 Å². The van der Waals surface area contributed by atoms with Gasteiger partial charge in [-0.05, 0) is 26.2 Å². The Kier molecular flexibility index (Phi) is 3.24. The van der Waals surface area contributed by atoms with Crippen LogP contribution in [0.3, 0.4) is 0 Å². The van der Waals surface area contributed by atoms with Crippen LogP contribution >= 0.6 is 0 Å². The van der Waals surface area contributed by atoms with Gasteiger partial charge in [0.15, 0.2) is 0 Å². The Balaban J connectivity index is 2.11. The van der Waals surface area contributed by atoms with Crippen molar-refractivity contribution in [2.24, 2.45) is 5.73 Å². The zero-order valence-corrected chi connectivity index (χ0v) is 9.64. The van der Waals surface area contributed by atoms with E-state index in [-0.39, 0.29) is 12.1 Å². The number of aryl methyl sites for hydroxylation is 1. The Hall–Kier alpha value is -1.36. The highest BCUT2D eigenvalue weighted by Crippen LogP contribution is 2.23. The molecule has 1 aromatic rings. The minimum absolute atomic E-state index is 0.0685. The zero-order valence-electron chi connectivity index (χ0n) is 9.64. The number of aromatic nitrogens is 2. The molecule has 0 aliphatic heterocycles. The summed E-state index contributed by atoms with van der Waals surface area (Å²) in [6.07, 6.45) is 3.20. The Morgan fingerprint density at radius 3 is 2.69 bits per heavy atom. The number of rotatable bonds is 3. The van der Waals surface area contributed by atoms with Crippen molar-refractivity contribution in [3.63, 3.8) is 0 Å². The van der Waals surface area contributed by atoms with Gasteiger partial charge in [0.1, 0.15) is 11.9 Å². The molecule has 1 aliphatic rings. The average Bonchev–Trinajstić information content (AvgIpc) is 2.63. The SMILES string of the molecule is COc1cc(OC2CCCC2N)nc(C)n1. The van der Waals surface area contributed by atoms with E-state index < -0.39 is 0 Å². The predicted octanol–water partition coefficient (Wildman–Crippen LogP) is 1.05. The van der Waals surface area contributed by atoms with Crippen LogP contribution in [0.2, 0.25) is 0 Å². The molecular formula is C11H17N3O2. The highest BCUT2D eigenvalue weighted by molar-refractivity contribution is 5.21. The minimum Gasteiger partial charge on any atom is -0.481 e. The van der Waals surface area contributed by atoms with Gasteiger partial charge in [-0.3, -0.25) is 0 Å². The van der Waals surface area contributed by atoms with Crippen molar-refractivity contribution in [1.82, 2.24) is 9.97 Å². The first-order valence-electron chi connectivity index (χ1n) is 5.51. The monoisotopic (exact) mass is 223 g/mol. The van der Waals surface area contributed by atoms with Crippen molar-refractivity contribution in [2.45, 2.75) is 38.3 Å². The first-order valence-corrected chi connectivity index (χ1v) is 5.51. The molecule has 16 heavy (non-hydrogen) atoms. The van der Waals surface area contributed by atoms with Crippen molar-refractivity contribution in [3.8, 4) is 11.8 Å². The second-order valence-corrected chi connectivity index (χ2v) is 4.05. The number of methoxy groups -OCH3 is 1. The highest BCUT2D eigenvalue weighted by Gasteiger charge is 2.26. The van der Waals surface area contributed by atoms with Crippen LogP contribution in [0.4, 0.5) is 0 Å². The van der Waals surface area contributed by atoms with Crippen molar-refractivity contribution in [2.75, 3.05) is 7.11 Å². The summed E-state index contributed by atoms with van der Waals surface area (Å²) in [6.45, 7) is 1.81. The lowest BCUT2D eigenvalue weighted by molar-refractivity contribution is 0.182. The molecule has 2 rings (SSSR count). The van der Waals surface area contributed by atoms with Crippen LogP contribution in [0.15, 0.2) is 6.07 Å². The van der Waals surface area contributed by atoms with Gasteiger partial charge in [-0.15, -0.1) is 0 Å². The topological polar surface area (TPSA) is 70.3 Å². The molecule has 1 aliphatic carbocycles. The van der Waals surface area contributed by atoms with E-state index in [0.29, 0.717) is 17.6 Å². The molecule has 5 heteroatoms. The minimum atomic E-state index is 0.0685. The third-order valence-corrected chi connectivity index (χ3v) is 2.78. The van der Waals surface area contributed by atoms with E-state index >= 15 is 0 Å². The molecule has 0 radical (unpaired) electrons. The fraction of sp³-hybridized carbons (Fsp3) is 0.636. The van der Waals surface area contributed by atoms with Gasteiger partial charge in [-0.1, -0.05) is 0 Å². The van der Waals surface area contributed by atoms with Crippen LogP contribution < -0.4 is 15.2 Å². The molecule has 0 aromatic carbocycles. The van der Waals surface area contributed by atoms with Gasteiger partial charge in [-0.2, -0.15) is 9.97 Å². The third kappa shape index (κ3) is 2.41. The third-order valence-electron chi connectivity index (χ3n) is 2.78. The number of nitrogens with two attached hydrogens (primary N) is 1. The first kappa shape index (κ1) is 11.1. The van der Waals surface area contributed by atoms with Gasteiger partial charge in [0, 0.05) is 6.04 Å². The fourth-order valence-corrected chi connectivity index (χ4v) is 1.94. The Morgan fingerprint density at radius 1 is 1.31 bits per heavy atom. The summed E-state index contributed by atoms with van der Waals surface area (Å²) in [7, 11) is 1.58. The summed E-state index contributed by atoms with van der Waals surface area (Å²) in [5.74, 6) is 1.71. The van der Waals surface area contributed by atoms with Crippen molar-refractivity contribution >= 4 is 0 Å². The standard InChI is InChI=1S/C11H17N3O2/c1-7-13-10(15-2)6-11(14-7)16-9-5-3-4-8(9)12/h6,8-9H,3-5,12H2,1-2H3. The van der Waals surface area contributed by atoms with Gasteiger partial charge in [0.2, 0.25) is 11.8 Å². The number of hydrogen-bond acceptors (Lipinski definition) is 5. The zero-order chi connectivity index (χ0) is 11.5. The van der Waals surface area contributed by atoms with E-state index in [1.165, 1.54) is 0 Å². The molecule has 88 valence electrons. The van der Waals surface area contributed by atoms with Crippen LogP contribution in [0.1, 0.15) is 25.1 Å². The molecule has 0 spiro atoms. The number of hydrogen-bond donors (Lipinski definition) is 1. The van der Waals surface area contributed by atoms with Gasteiger partial charge < -0.3 is 15.2 Å². The largest absolute Gasteiger partial charge is 0.481 e. The van der Waals surface area contributed by atoms with Crippen molar-refractivity contribution < 1.29 is 9.47 Å². The van der Waals surface area contributed by atoms with Crippen LogP contribution in [0.25, 0.3) is 0 Å². The lowest BCUT2D eigenvalue weighted by Crippen LogP contribution is -2.33. The van der Waals surface area contributed by atoms with Crippen LogP contribution in [-0.2, 0) is 0 Å². The summed E-state index contributed by atoms with van der Waals surface area (Å²) in [5, 5.41) is 0. The molecule has 2 atom stereocenters. The molecule has 1 heterocycles. The van der Waals surface area contributed by atoms with E-state index in [0.717, 1.165) is 19.3 Å². The Bertz CT molecular complexity index is 370. The number of ether oxygens (including phenoxy) is 2. The van der Waals surface area contributed by atoms with Gasteiger partial charge >= 0.3 is 0 Å². The van der Waals surface area contributed by atoms with E-state index in [9.17, 15) is 0 Å². The Labute approximate surface area is 95.0 Å². The summed E-state index contributed by atoms with van der Waals surface area (Å²) in [4.78, 5) is 8.31. The summed E-state index contributed by atoms with van der Waals surface area (Å²) >= 11 is 0. The normalized spacial score (nSPS) is 24.4. The fourth-order valence-electron chi connectivity index (χ4n) is 1.94. The average molecular weight is 223 g/mol. The smallest absolute Gasteiger partial charge is 0.220 e. The maximum Gasteiger partial charge on any atom is 0.220 e. The first-order chi connectivity index (χ1) is 7.69. The number of nitrogens with zero attached hydrogens (tertiary/aromatic N) is 2. The lowest BCUT2D eigenvalue weighted by Gasteiger charge is -2.17. The second kappa shape index (κ2) is 4.65. The van der Waals surface area contributed by atoms with Crippen molar-refractivity contribution in [3.05, 3.63) is 11.9 Å². The van der Waals surface area contributed by atoms with Crippen LogP contribution in [0.5, 0.6) is 11.8 Å². The van der Waals surface area contributed by atoms with Gasteiger partial charge in [-0.25, -0.2) is 0 Å². The summed E-state index contributed by atoms with van der Waals surface area (Å²) in [6, 6.07) is 1.80. The summed E-state index contributed by atoms with van der Waals surface area (Å²) in [5.41, 5.74) is 5.94. The predicted molar refractivity (Wildman–Crippen MR) is 59.6 cm³/mol. The second-order valence-electron chi connectivity index (χ2n) is 4.05. The highest BCUT2D eigenvalue weighted by atomic mass is 16.5. The molecule has 1 aromatic heterocycles. The molecule has 0 amide bonds. The van der Waals surface area contributed by atoms with Crippen molar-refractivity contribution in [1.29, 1.82) is 0 Å². The summed E-state index contributed by atoms with van der Waals surface area (Å²) < 4.78 is 10.8. The molecule has 1 saturated carbocycles. The molecule has 0 bridgehead atoms. The van der Waals surface area contributed by atoms with Crippen LogP contribution in [0, 0.1) is 6.92 Å². The van der Waals surface area contributed by atoms with E-state index in [1.807, 2.05) is 6.92 Å². The lowest BCUT2D eigenvalue weighted by atomic mass is 10.2. The molecule has 2 N–H and O–H groups in total. The maximum atomic E-state index is 5.94. The Morgan fingerprint density at radius 2 is 2.06 bits per heavy atom.